The Morgan fingerprint density at radius 2 is 0.522 bits per heavy atom. The predicted molar refractivity (Wildman–Crippen MR) is 271 cm³/mol. The lowest BCUT2D eigenvalue weighted by atomic mass is 9.92. The highest BCUT2D eigenvalue weighted by molar-refractivity contribution is 5.79. The van der Waals surface area contributed by atoms with Crippen LogP contribution in [-0.2, 0) is 57.3 Å². The van der Waals surface area contributed by atoms with Crippen molar-refractivity contribution < 1.29 is 57.3 Å². The summed E-state index contributed by atoms with van der Waals surface area (Å²) in [4.78, 5) is 95.5. The van der Waals surface area contributed by atoms with Crippen LogP contribution in [0.2, 0.25) is 0 Å². The highest BCUT2D eigenvalue weighted by atomic mass is 16.5. The van der Waals surface area contributed by atoms with Crippen molar-refractivity contribution in [2.24, 2.45) is 5.41 Å². The molecule has 0 spiro atoms. The van der Waals surface area contributed by atoms with Crippen LogP contribution in [-0.4, -0.2) is 119 Å². The average molecular weight is 980 g/mol. The maximum Gasteiger partial charge on any atom is 0.222 e. The maximum atomic E-state index is 12.8. The zero-order chi connectivity index (χ0) is 51.1. The minimum atomic E-state index is -0.873. The SMILES string of the molecule is CC(=O)CCCCCCCCC(=O)CCOCC(COCCC(=O)NCCCCCCCC(C)=O)(COCCC(=O)NCCCCCCCC(C)=O)COCCC(=O)NCCCCCCCC(C)=O. The van der Waals surface area contributed by atoms with Gasteiger partial charge < -0.3 is 54.1 Å². The van der Waals surface area contributed by atoms with Crippen LogP contribution >= 0.6 is 0 Å². The Morgan fingerprint density at radius 1 is 0.290 bits per heavy atom. The van der Waals surface area contributed by atoms with Gasteiger partial charge in [0.15, 0.2) is 0 Å². The summed E-state index contributed by atoms with van der Waals surface area (Å²) in [5.41, 5.74) is -0.873. The number of carbonyl (C=O) groups is 8. The van der Waals surface area contributed by atoms with E-state index in [4.69, 9.17) is 18.9 Å². The van der Waals surface area contributed by atoms with Gasteiger partial charge in [-0.25, -0.2) is 0 Å². The van der Waals surface area contributed by atoms with Crippen LogP contribution in [0.3, 0.4) is 0 Å². The van der Waals surface area contributed by atoms with Crippen LogP contribution in [0.1, 0.15) is 220 Å². The molecule has 0 radical (unpaired) electrons. The summed E-state index contributed by atoms with van der Waals surface area (Å²) >= 11 is 0. The number of nitrogens with one attached hydrogen (secondary N) is 3. The first-order chi connectivity index (χ1) is 33.2. The normalized spacial score (nSPS) is 11.4. The molecule has 0 aliphatic heterocycles. The van der Waals surface area contributed by atoms with Crippen molar-refractivity contribution in [1.29, 1.82) is 0 Å². The second kappa shape index (κ2) is 47.0. The molecule has 0 fully saturated rings. The van der Waals surface area contributed by atoms with Crippen molar-refractivity contribution in [2.45, 2.75) is 220 Å². The summed E-state index contributed by atoms with van der Waals surface area (Å²) in [5.74, 6) is 0.617. The zero-order valence-electron chi connectivity index (χ0n) is 43.9. The van der Waals surface area contributed by atoms with E-state index in [-0.39, 0.29) is 125 Å². The molecule has 0 saturated heterocycles. The molecule has 15 heteroatoms. The molecular weight excluding hydrogens is 883 g/mol. The number of amides is 3. The van der Waals surface area contributed by atoms with Gasteiger partial charge in [0.1, 0.15) is 28.9 Å². The van der Waals surface area contributed by atoms with Crippen molar-refractivity contribution in [3.63, 3.8) is 0 Å². The lowest BCUT2D eigenvalue weighted by Gasteiger charge is -2.33. The minimum absolute atomic E-state index is 0.109. The van der Waals surface area contributed by atoms with Crippen molar-refractivity contribution >= 4 is 46.6 Å². The lowest BCUT2D eigenvalue weighted by molar-refractivity contribution is -0.129. The van der Waals surface area contributed by atoms with Gasteiger partial charge >= 0.3 is 0 Å². The molecule has 0 heterocycles. The number of Topliss-reactive ketones (excluding diaryl/α,β-unsaturated/α-hetero) is 5. The van der Waals surface area contributed by atoms with E-state index in [1.807, 2.05) is 0 Å². The molecule has 0 aromatic rings. The molecule has 0 aromatic carbocycles. The standard InChI is InChI=1S/C54H97N3O12/c1-46(58)26-18-10-5-6-14-22-30-50(62)31-38-66-42-54(43-67-39-32-51(63)55-35-23-15-7-11-19-27-47(2)59,44-68-40-33-52(64)56-36-24-16-8-12-20-28-48(3)60)45-69-41-34-53(65)57-37-25-17-9-13-21-29-49(4)61/h5-45H2,1-4H3,(H,55,63)(H,56,64)(H,57,65). The van der Waals surface area contributed by atoms with Crippen molar-refractivity contribution in [2.75, 3.05) is 72.5 Å². The van der Waals surface area contributed by atoms with Crippen molar-refractivity contribution in [1.82, 2.24) is 16.0 Å². The van der Waals surface area contributed by atoms with E-state index in [9.17, 15) is 38.4 Å². The lowest BCUT2D eigenvalue weighted by Crippen LogP contribution is -2.42. The minimum Gasteiger partial charge on any atom is -0.380 e. The summed E-state index contributed by atoms with van der Waals surface area (Å²) in [5, 5.41) is 8.87. The van der Waals surface area contributed by atoms with Gasteiger partial charge in [0.2, 0.25) is 17.7 Å². The third-order valence-electron chi connectivity index (χ3n) is 11.9. The van der Waals surface area contributed by atoms with Crippen LogP contribution in [0.25, 0.3) is 0 Å². The Labute approximate surface area is 416 Å². The molecule has 0 aliphatic rings. The van der Waals surface area contributed by atoms with Crippen LogP contribution < -0.4 is 16.0 Å². The number of ether oxygens (including phenoxy) is 4. The fourth-order valence-electron chi connectivity index (χ4n) is 7.65. The quantitative estimate of drug-likeness (QED) is 0.0488. The summed E-state index contributed by atoms with van der Waals surface area (Å²) in [6.45, 7) is 9.23. The molecular formula is C54H97N3O12. The van der Waals surface area contributed by atoms with E-state index in [2.05, 4.69) is 16.0 Å². The largest absolute Gasteiger partial charge is 0.380 e. The second-order valence-electron chi connectivity index (χ2n) is 19.3. The zero-order valence-corrected chi connectivity index (χ0v) is 43.9. The molecule has 3 N–H and O–H groups in total. The Hall–Kier alpha value is -3.40. The van der Waals surface area contributed by atoms with Crippen LogP contribution in [0.5, 0.6) is 0 Å². The highest BCUT2D eigenvalue weighted by Gasteiger charge is 2.33. The number of ketones is 5. The van der Waals surface area contributed by atoms with E-state index in [1.165, 1.54) is 0 Å². The molecule has 0 aromatic heterocycles. The molecule has 69 heavy (non-hydrogen) atoms. The third-order valence-corrected chi connectivity index (χ3v) is 11.9. The molecule has 3 amide bonds. The fourth-order valence-corrected chi connectivity index (χ4v) is 7.65. The molecule has 0 aliphatic carbocycles. The third kappa shape index (κ3) is 48.0. The molecule has 400 valence electrons. The Kier molecular flexibility index (Phi) is 44.6. The fraction of sp³-hybridized carbons (Fsp3) is 0.852. The van der Waals surface area contributed by atoms with E-state index in [1.54, 1.807) is 27.7 Å². The number of unbranched alkanes of at least 4 members (excludes halogenated alkanes) is 17. The van der Waals surface area contributed by atoms with E-state index in [0.29, 0.717) is 51.7 Å². The molecule has 0 atom stereocenters. The van der Waals surface area contributed by atoms with Crippen LogP contribution in [0, 0.1) is 5.41 Å². The van der Waals surface area contributed by atoms with Gasteiger partial charge in [0.25, 0.3) is 0 Å². The average Bonchev–Trinajstić information content (AvgIpc) is 3.29. The Morgan fingerprint density at radius 3 is 0.797 bits per heavy atom. The molecule has 0 rings (SSSR count). The van der Waals surface area contributed by atoms with Crippen LogP contribution in [0.4, 0.5) is 0 Å². The van der Waals surface area contributed by atoms with Crippen molar-refractivity contribution in [3.8, 4) is 0 Å². The van der Waals surface area contributed by atoms with Crippen molar-refractivity contribution in [3.05, 3.63) is 0 Å². The molecule has 0 saturated carbocycles. The first kappa shape index (κ1) is 65.6. The highest BCUT2D eigenvalue weighted by Crippen LogP contribution is 2.22. The van der Waals surface area contributed by atoms with E-state index < -0.39 is 5.41 Å². The molecule has 0 unspecified atom stereocenters. The molecule has 0 bridgehead atoms. The molecule has 15 nitrogen and oxygen atoms in total. The van der Waals surface area contributed by atoms with E-state index >= 15 is 0 Å². The number of carbonyl (C=O) groups excluding carboxylic acids is 8. The second-order valence-corrected chi connectivity index (χ2v) is 19.3. The Bertz CT molecular complexity index is 1180. The summed E-state index contributed by atoms with van der Waals surface area (Å²) in [7, 11) is 0. The topological polar surface area (TPSA) is 210 Å². The summed E-state index contributed by atoms with van der Waals surface area (Å²) in [6, 6.07) is 0. The number of hydrogen-bond donors (Lipinski definition) is 3. The van der Waals surface area contributed by atoms with Gasteiger partial charge in [-0.05, 0) is 79.1 Å². The van der Waals surface area contributed by atoms with Gasteiger partial charge in [0.05, 0.1) is 58.3 Å². The predicted octanol–water partition coefficient (Wildman–Crippen LogP) is 9.02. The first-order valence-corrected chi connectivity index (χ1v) is 26.8. The maximum absolute atomic E-state index is 12.8. The summed E-state index contributed by atoms with van der Waals surface area (Å²) < 4.78 is 24.5. The Balaban J connectivity index is 5.40. The van der Waals surface area contributed by atoms with E-state index in [0.717, 1.165) is 135 Å². The number of rotatable bonds is 53. The van der Waals surface area contributed by atoms with Gasteiger partial charge in [0, 0.05) is 77.4 Å². The number of hydrogen-bond acceptors (Lipinski definition) is 12. The smallest absolute Gasteiger partial charge is 0.222 e. The van der Waals surface area contributed by atoms with Gasteiger partial charge in [-0.2, -0.15) is 0 Å². The van der Waals surface area contributed by atoms with Crippen LogP contribution in [0.15, 0.2) is 0 Å². The van der Waals surface area contributed by atoms with Gasteiger partial charge in [-0.1, -0.05) is 83.5 Å². The first-order valence-electron chi connectivity index (χ1n) is 26.8. The van der Waals surface area contributed by atoms with Gasteiger partial charge in [-0.15, -0.1) is 0 Å². The van der Waals surface area contributed by atoms with Gasteiger partial charge in [-0.3, -0.25) is 19.2 Å². The summed E-state index contributed by atoms with van der Waals surface area (Å²) in [6.07, 6.45) is 23.7. The monoisotopic (exact) mass is 980 g/mol.